The Labute approximate surface area is 154 Å². The highest BCUT2D eigenvalue weighted by molar-refractivity contribution is 7.89. The Kier molecular flexibility index (Phi) is 5.62. The number of nitrogens with one attached hydrogen (secondary N) is 1. The highest BCUT2D eigenvalue weighted by Gasteiger charge is 2.34. The van der Waals surface area contributed by atoms with Crippen LogP contribution in [0, 0.1) is 0 Å². The van der Waals surface area contributed by atoms with Crippen molar-refractivity contribution in [2.24, 2.45) is 5.73 Å². The van der Waals surface area contributed by atoms with Crippen molar-refractivity contribution in [3.63, 3.8) is 0 Å². The van der Waals surface area contributed by atoms with Crippen LogP contribution in [0.5, 0.6) is 0 Å². The number of primary amides is 1. The molecule has 1 saturated heterocycles. The van der Waals surface area contributed by atoms with Gasteiger partial charge in [0.2, 0.25) is 15.9 Å². The average Bonchev–Trinajstić information content (AvgIpc) is 2.58. The summed E-state index contributed by atoms with van der Waals surface area (Å²) in [5.41, 5.74) is 5.62. The van der Waals surface area contributed by atoms with Crippen LogP contribution in [0.2, 0.25) is 0 Å². The Balaban J connectivity index is 1.82. The lowest BCUT2D eigenvalue weighted by Crippen LogP contribution is -2.45. The molecule has 2 aliphatic rings. The van der Waals surface area contributed by atoms with Gasteiger partial charge in [0.1, 0.15) is 0 Å². The summed E-state index contributed by atoms with van der Waals surface area (Å²) in [6.07, 6.45) is 5.28. The summed E-state index contributed by atoms with van der Waals surface area (Å²) in [5.74, 6) is -0.759. The van der Waals surface area contributed by atoms with E-state index in [0.717, 1.165) is 32.1 Å². The van der Waals surface area contributed by atoms with Crippen LogP contribution >= 0.6 is 0 Å². The first-order valence-electron chi connectivity index (χ1n) is 9.09. The van der Waals surface area contributed by atoms with E-state index < -0.39 is 22.0 Å². The standard InChI is InChI=1S/C18H25N3O4S/c19-17(22)12-15-8-1-2-10-21(15)26(24,25)16-9-3-5-13(11-16)18(23)20-14-6-4-7-14/h3,5,9,11,14-15H,1-2,4,6-8,10,12H2,(H2,19,22)(H,20,23). The first-order chi connectivity index (χ1) is 12.4. The molecule has 0 spiro atoms. The van der Waals surface area contributed by atoms with Crippen LogP contribution in [0.3, 0.4) is 0 Å². The number of hydrogen-bond acceptors (Lipinski definition) is 4. The molecular formula is C18H25N3O4S. The third-order valence-corrected chi connectivity index (χ3v) is 7.10. The molecule has 7 nitrogen and oxygen atoms in total. The molecule has 26 heavy (non-hydrogen) atoms. The van der Waals surface area contributed by atoms with Gasteiger partial charge >= 0.3 is 0 Å². The van der Waals surface area contributed by atoms with E-state index in [9.17, 15) is 18.0 Å². The van der Waals surface area contributed by atoms with E-state index in [1.165, 1.54) is 16.4 Å². The number of carbonyl (C=O) groups is 2. The molecule has 1 heterocycles. The first kappa shape index (κ1) is 18.8. The lowest BCUT2D eigenvalue weighted by atomic mass is 9.93. The van der Waals surface area contributed by atoms with Crippen LogP contribution in [0.15, 0.2) is 29.2 Å². The maximum atomic E-state index is 13.1. The van der Waals surface area contributed by atoms with Crippen molar-refractivity contribution in [2.75, 3.05) is 6.54 Å². The second kappa shape index (κ2) is 7.75. The molecule has 142 valence electrons. The molecule has 2 fully saturated rings. The molecule has 1 aliphatic heterocycles. The van der Waals surface area contributed by atoms with E-state index in [0.29, 0.717) is 18.5 Å². The minimum absolute atomic E-state index is 0.0150. The van der Waals surface area contributed by atoms with E-state index >= 15 is 0 Å². The van der Waals surface area contributed by atoms with Crippen molar-refractivity contribution in [1.82, 2.24) is 9.62 Å². The molecule has 2 amide bonds. The third-order valence-electron chi connectivity index (χ3n) is 5.15. The smallest absolute Gasteiger partial charge is 0.251 e. The number of hydrogen-bond donors (Lipinski definition) is 2. The molecule has 1 aromatic rings. The van der Waals surface area contributed by atoms with Gasteiger partial charge in [-0.05, 0) is 50.3 Å². The molecule has 0 radical (unpaired) electrons. The average molecular weight is 379 g/mol. The summed E-state index contributed by atoms with van der Waals surface area (Å²) in [6.45, 7) is 0.360. The van der Waals surface area contributed by atoms with Crippen molar-refractivity contribution in [2.45, 2.75) is 61.9 Å². The molecule has 8 heteroatoms. The quantitative estimate of drug-likeness (QED) is 0.778. The van der Waals surface area contributed by atoms with Crippen LogP contribution in [-0.4, -0.2) is 43.2 Å². The molecule has 1 unspecified atom stereocenters. The maximum Gasteiger partial charge on any atom is 0.251 e. The van der Waals surface area contributed by atoms with Gasteiger partial charge in [0.15, 0.2) is 0 Å². The van der Waals surface area contributed by atoms with Gasteiger partial charge in [0.25, 0.3) is 5.91 Å². The number of carbonyl (C=O) groups excluding carboxylic acids is 2. The van der Waals surface area contributed by atoms with E-state index in [4.69, 9.17) is 5.73 Å². The van der Waals surface area contributed by atoms with Crippen molar-refractivity contribution < 1.29 is 18.0 Å². The van der Waals surface area contributed by atoms with Gasteiger partial charge in [-0.1, -0.05) is 12.5 Å². The Morgan fingerprint density at radius 3 is 2.58 bits per heavy atom. The molecule has 0 aromatic heterocycles. The molecule has 3 rings (SSSR count). The van der Waals surface area contributed by atoms with E-state index in [1.807, 2.05) is 0 Å². The van der Waals surface area contributed by atoms with Gasteiger partial charge < -0.3 is 11.1 Å². The summed E-state index contributed by atoms with van der Waals surface area (Å²) < 4.78 is 27.5. The number of benzene rings is 1. The fourth-order valence-electron chi connectivity index (χ4n) is 3.48. The lowest BCUT2D eigenvalue weighted by molar-refractivity contribution is -0.119. The summed E-state index contributed by atoms with van der Waals surface area (Å²) in [5, 5.41) is 2.92. The van der Waals surface area contributed by atoms with E-state index in [2.05, 4.69) is 5.32 Å². The van der Waals surface area contributed by atoms with Crippen LogP contribution < -0.4 is 11.1 Å². The SMILES string of the molecule is NC(=O)CC1CCCCN1S(=O)(=O)c1cccc(C(=O)NC2CCC2)c1. The third kappa shape index (κ3) is 4.07. The second-order valence-corrected chi connectivity index (χ2v) is 8.96. The van der Waals surface area contributed by atoms with Crippen molar-refractivity contribution in [3.8, 4) is 0 Å². The van der Waals surface area contributed by atoms with Crippen molar-refractivity contribution in [3.05, 3.63) is 29.8 Å². The topological polar surface area (TPSA) is 110 Å². The number of piperidine rings is 1. The first-order valence-corrected chi connectivity index (χ1v) is 10.5. The van der Waals surface area contributed by atoms with Crippen LogP contribution in [-0.2, 0) is 14.8 Å². The molecule has 1 atom stereocenters. The van der Waals surface area contributed by atoms with Crippen molar-refractivity contribution in [1.29, 1.82) is 0 Å². The summed E-state index contributed by atoms with van der Waals surface area (Å²) in [7, 11) is -3.79. The van der Waals surface area contributed by atoms with Crippen LogP contribution in [0.25, 0.3) is 0 Å². The fraction of sp³-hybridized carbons (Fsp3) is 0.556. The highest BCUT2D eigenvalue weighted by Crippen LogP contribution is 2.27. The normalized spacial score (nSPS) is 21.8. The van der Waals surface area contributed by atoms with Gasteiger partial charge in [-0.15, -0.1) is 0 Å². The highest BCUT2D eigenvalue weighted by atomic mass is 32.2. The largest absolute Gasteiger partial charge is 0.370 e. The summed E-state index contributed by atoms with van der Waals surface area (Å²) in [4.78, 5) is 23.7. The van der Waals surface area contributed by atoms with Gasteiger partial charge in [-0.3, -0.25) is 9.59 Å². The zero-order valence-corrected chi connectivity index (χ0v) is 15.5. The Morgan fingerprint density at radius 1 is 1.15 bits per heavy atom. The Hall–Kier alpha value is -1.93. The molecule has 0 bridgehead atoms. The Bertz CT molecular complexity index is 789. The predicted octanol–water partition coefficient (Wildman–Crippen LogP) is 1.39. The minimum Gasteiger partial charge on any atom is -0.370 e. The molecule has 3 N–H and O–H groups in total. The van der Waals surface area contributed by atoms with Gasteiger partial charge in [0, 0.05) is 30.6 Å². The predicted molar refractivity (Wildman–Crippen MR) is 96.9 cm³/mol. The summed E-state index contributed by atoms with van der Waals surface area (Å²) in [6, 6.07) is 5.87. The van der Waals surface area contributed by atoms with Crippen molar-refractivity contribution >= 4 is 21.8 Å². The number of sulfonamides is 1. The number of amides is 2. The minimum atomic E-state index is -3.79. The maximum absolute atomic E-state index is 13.1. The molecule has 1 saturated carbocycles. The zero-order chi connectivity index (χ0) is 18.7. The number of nitrogens with zero attached hydrogens (tertiary/aromatic N) is 1. The fourth-order valence-corrected chi connectivity index (χ4v) is 5.22. The zero-order valence-electron chi connectivity index (χ0n) is 14.7. The van der Waals surface area contributed by atoms with Gasteiger partial charge in [-0.2, -0.15) is 4.31 Å². The van der Waals surface area contributed by atoms with Crippen LogP contribution in [0.1, 0.15) is 55.3 Å². The second-order valence-electron chi connectivity index (χ2n) is 7.06. The van der Waals surface area contributed by atoms with Crippen LogP contribution in [0.4, 0.5) is 0 Å². The van der Waals surface area contributed by atoms with Gasteiger partial charge in [-0.25, -0.2) is 8.42 Å². The van der Waals surface area contributed by atoms with E-state index in [-0.39, 0.29) is 23.3 Å². The Morgan fingerprint density at radius 2 is 1.92 bits per heavy atom. The number of nitrogens with two attached hydrogens (primary N) is 1. The molecular weight excluding hydrogens is 354 g/mol. The summed E-state index contributed by atoms with van der Waals surface area (Å²) >= 11 is 0. The van der Waals surface area contributed by atoms with E-state index in [1.54, 1.807) is 12.1 Å². The van der Waals surface area contributed by atoms with Gasteiger partial charge in [0.05, 0.1) is 4.90 Å². The molecule has 1 aliphatic carbocycles. The monoisotopic (exact) mass is 379 g/mol. The lowest BCUT2D eigenvalue weighted by Gasteiger charge is -2.34. The molecule has 1 aromatic carbocycles. The number of rotatable bonds is 6.